The Kier molecular flexibility index (Phi) is 4.88. The Morgan fingerprint density at radius 2 is 2.14 bits per heavy atom. The number of aromatic carboxylic acids is 1. The van der Waals surface area contributed by atoms with Gasteiger partial charge < -0.3 is 10.2 Å². The maximum Gasteiger partial charge on any atom is 0.337 e. The number of piperidine rings is 1. The van der Waals surface area contributed by atoms with Crippen LogP contribution in [0, 0.1) is 5.92 Å². The van der Waals surface area contributed by atoms with Crippen molar-refractivity contribution in [2.75, 3.05) is 19.7 Å². The lowest BCUT2D eigenvalue weighted by atomic mass is 10.0. The lowest BCUT2D eigenvalue weighted by Crippen LogP contribution is -2.40. The number of rotatable bonds is 4. The Morgan fingerprint density at radius 1 is 1.43 bits per heavy atom. The van der Waals surface area contributed by atoms with Crippen LogP contribution in [-0.4, -0.2) is 48.6 Å². The summed E-state index contributed by atoms with van der Waals surface area (Å²) in [6, 6.07) is 3.64. The third-order valence-electron chi connectivity index (χ3n) is 3.55. The van der Waals surface area contributed by atoms with Crippen LogP contribution in [-0.2, 0) is 10.0 Å². The highest BCUT2D eigenvalue weighted by atomic mass is 35.5. The second-order valence-corrected chi connectivity index (χ2v) is 7.35. The van der Waals surface area contributed by atoms with Gasteiger partial charge in [-0.15, -0.1) is 0 Å². The highest BCUT2D eigenvalue weighted by Crippen LogP contribution is 2.26. The number of carboxylic acids is 1. The fourth-order valence-electron chi connectivity index (χ4n) is 2.37. The molecular weight excluding hydrogens is 318 g/mol. The molecule has 1 atom stereocenters. The Morgan fingerprint density at radius 3 is 2.76 bits per heavy atom. The van der Waals surface area contributed by atoms with Gasteiger partial charge in [0.15, 0.2) is 0 Å². The molecule has 1 aliphatic rings. The van der Waals surface area contributed by atoms with Crippen molar-refractivity contribution in [2.45, 2.75) is 17.7 Å². The van der Waals surface area contributed by atoms with Gasteiger partial charge in [-0.25, -0.2) is 13.2 Å². The Labute approximate surface area is 128 Å². The molecule has 6 nitrogen and oxygen atoms in total. The summed E-state index contributed by atoms with van der Waals surface area (Å²) >= 11 is 5.75. The Bertz CT molecular complexity index is 646. The molecule has 0 aromatic heterocycles. The molecule has 21 heavy (non-hydrogen) atoms. The van der Waals surface area contributed by atoms with Crippen LogP contribution in [0.5, 0.6) is 0 Å². The smallest absolute Gasteiger partial charge is 0.337 e. The zero-order chi connectivity index (χ0) is 15.6. The van der Waals surface area contributed by atoms with Crippen molar-refractivity contribution in [2.24, 2.45) is 5.92 Å². The van der Waals surface area contributed by atoms with E-state index in [9.17, 15) is 18.3 Å². The van der Waals surface area contributed by atoms with Crippen LogP contribution in [0.1, 0.15) is 23.2 Å². The van der Waals surface area contributed by atoms with Crippen LogP contribution in [0.25, 0.3) is 0 Å². The van der Waals surface area contributed by atoms with Crippen LogP contribution in [0.3, 0.4) is 0 Å². The molecule has 1 unspecified atom stereocenters. The Hall–Kier alpha value is -1.15. The van der Waals surface area contributed by atoms with Gasteiger partial charge in [0.05, 0.1) is 15.5 Å². The van der Waals surface area contributed by atoms with Gasteiger partial charge in [0.25, 0.3) is 0 Å². The summed E-state index contributed by atoms with van der Waals surface area (Å²) in [5, 5.41) is 18.2. The van der Waals surface area contributed by atoms with Crippen molar-refractivity contribution < 1.29 is 23.4 Å². The van der Waals surface area contributed by atoms with Crippen molar-refractivity contribution in [1.29, 1.82) is 0 Å². The van der Waals surface area contributed by atoms with E-state index in [1.54, 1.807) is 0 Å². The molecule has 0 radical (unpaired) electrons. The number of carbonyl (C=O) groups is 1. The summed E-state index contributed by atoms with van der Waals surface area (Å²) < 4.78 is 26.4. The summed E-state index contributed by atoms with van der Waals surface area (Å²) in [6.07, 6.45) is 1.45. The normalized spacial score (nSPS) is 20.4. The standard InChI is InChI=1S/C13H16ClNO5S/c14-12-4-3-10(6-11(12)13(17)18)21(19,20)15-5-1-2-9(7-15)8-16/h3-4,6,9,16H,1-2,5,7-8H2,(H,17,18). The molecule has 1 aromatic carbocycles. The zero-order valence-electron chi connectivity index (χ0n) is 11.2. The number of nitrogens with zero attached hydrogens (tertiary/aromatic N) is 1. The number of hydrogen-bond donors (Lipinski definition) is 2. The van der Waals surface area contributed by atoms with Crippen LogP contribution in [0.2, 0.25) is 5.02 Å². The topological polar surface area (TPSA) is 94.9 Å². The van der Waals surface area contributed by atoms with Gasteiger partial charge in [-0.1, -0.05) is 11.6 Å². The number of sulfonamides is 1. The number of aliphatic hydroxyl groups excluding tert-OH is 1. The van der Waals surface area contributed by atoms with Crippen molar-refractivity contribution >= 4 is 27.6 Å². The van der Waals surface area contributed by atoms with E-state index in [2.05, 4.69) is 0 Å². The lowest BCUT2D eigenvalue weighted by Gasteiger charge is -2.31. The minimum absolute atomic E-state index is 0.00618. The third kappa shape index (κ3) is 3.37. The van der Waals surface area contributed by atoms with Gasteiger partial charge in [0, 0.05) is 19.7 Å². The van der Waals surface area contributed by atoms with E-state index in [4.69, 9.17) is 16.7 Å². The minimum Gasteiger partial charge on any atom is -0.478 e. The van der Waals surface area contributed by atoms with Gasteiger partial charge >= 0.3 is 5.97 Å². The average molecular weight is 334 g/mol. The quantitative estimate of drug-likeness (QED) is 0.869. The summed E-state index contributed by atoms with van der Waals surface area (Å²) in [5.74, 6) is -1.36. The highest BCUT2D eigenvalue weighted by Gasteiger charge is 2.30. The van der Waals surface area contributed by atoms with E-state index in [1.807, 2.05) is 0 Å². The predicted molar refractivity (Wildman–Crippen MR) is 77.0 cm³/mol. The first-order valence-corrected chi connectivity index (χ1v) is 8.32. The second kappa shape index (κ2) is 6.31. The molecule has 1 fully saturated rings. The van der Waals surface area contributed by atoms with Gasteiger partial charge in [-0.2, -0.15) is 4.31 Å². The van der Waals surface area contributed by atoms with E-state index >= 15 is 0 Å². The molecule has 1 saturated heterocycles. The summed E-state index contributed by atoms with van der Waals surface area (Å²) in [7, 11) is -3.78. The minimum atomic E-state index is -3.78. The average Bonchev–Trinajstić information content (AvgIpc) is 2.47. The maximum absolute atomic E-state index is 12.5. The monoisotopic (exact) mass is 333 g/mol. The number of aliphatic hydroxyl groups is 1. The van der Waals surface area contributed by atoms with Gasteiger partial charge in [0.2, 0.25) is 10.0 Å². The second-order valence-electron chi connectivity index (χ2n) is 5.00. The van der Waals surface area contributed by atoms with Crippen LogP contribution in [0.4, 0.5) is 0 Å². The van der Waals surface area contributed by atoms with E-state index in [1.165, 1.54) is 16.4 Å². The molecule has 0 saturated carbocycles. The molecule has 1 aliphatic heterocycles. The molecule has 0 aliphatic carbocycles. The number of carboxylic acid groups (broad SMARTS) is 1. The summed E-state index contributed by atoms with van der Waals surface area (Å²) in [4.78, 5) is 11.0. The first-order chi connectivity index (χ1) is 9.86. The first-order valence-electron chi connectivity index (χ1n) is 6.50. The molecule has 2 N–H and O–H groups in total. The summed E-state index contributed by atoms with van der Waals surface area (Å²) in [5.41, 5.74) is -0.242. The SMILES string of the molecule is O=C(O)c1cc(S(=O)(=O)N2CCCC(CO)C2)ccc1Cl. The van der Waals surface area contributed by atoms with E-state index in [-0.39, 0.29) is 34.6 Å². The molecule has 116 valence electrons. The van der Waals surface area contributed by atoms with E-state index in [0.717, 1.165) is 12.5 Å². The molecular formula is C13H16ClNO5S. The highest BCUT2D eigenvalue weighted by molar-refractivity contribution is 7.89. The number of benzene rings is 1. The van der Waals surface area contributed by atoms with Gasteiger partial charge in [0.1, 0.15) is 0 Å². The maximum atomic E-state index is 12.5. The van der Waals surface area contributed by atoms with Crippen molar-refractivity contribution in [1.82, 2.24) is 4.31 Å². The zero-order valence-corrected chi connectivity index (χ0v) is 12.8. The molecule has 2 rings (SSSR count). The number of hydrogen-bond acceptors (Lipinski definition) is 4. The van der Waals surface area contributed by atoms with Crippen LogP contribution in [0.15, 0.2) is 23.1 Å². The molecule has 1 aromatic rings. The largest absolute Gasteiger partial charge is 0.478 e. The van der Waals surface area contributed by atoms with Gasteiger partial charge in [-0.3, -0.25) is 0 Å². The molecule has 8 heteroatoms. The molecule has 0 amide bonds. The number of halogens is 1. The van der Waals surface area contributed by atoms with E-state index < -0.39 is 16.0 Å². The van der Waals surface area contributed by atoms with E-state index in [0.29, 0.717) is 13.0 Å². The fourth-order valence-corrected chi connectivity index (χ4v) is 4.15. The van der Waals surface area contributed by atoms with Gasteiger partial charge in [-0.05, 0) is 37.0 Å². The summed E-state index contributed by atoms with van der Waals surface area (Å²) in [6.45, 7) is 0.542. The lowest BCUT2D eigenvalue weighted by molar-refractivity contribution is 0.0697. The van der Waals surface area contributed by atoms with Crippen molar-refractivity contribution in [3.8, 4) is 0 Å². The van der Waals surface area contributed by atoms with Crippen molar-refractivity contribution in [3.05, 3.63) is 28.8 Å². The molecule has 0 spiro atoms. The fraction of sp³-hybridized carbons (Fsp3) is 0.462. The molecule has 1 heterocycles. The Balaban J connectivity index is 2.35. The van der Waals surface area contributed by atoms with Crippen LogP contribution >= 0.6 is 11.6 Å². The predicted octanol–water partition coefficient (Wildman–Crippen LogP) is 1.43. The molecule has 0 bridgehead atoms. The third-order valence-corrected chi connectivity index (χ3v) is 5.74. The van der Waals surface area contributed by atoms with Crippen molar-refractivity contribution in [3.63, 3.8) is 0 Å². The van der Waals surface area contributed by atoms with Crippen LogP contribution < -0.4 is 0 Å². The first kappa shape index (κ1) is 16.2.